The zero-order valence-corrected chi connectivity index (χ0v) is 5.02. The van der Waals surface area contributed by atoms with E-state index in [-0.39, 0.29) is 0 Å². The molecule has 0 aliphatic rings. The molecule has 0 aliphatic carbocycles. The van der Waals surface area contributed by atoms with Crippen LogP contribution in [0, 0.1) is 0 Å². The Morgan fingerprint density at radius 3 is 2.25 bits per heavy atom. The van der Waals surface area contributed by atoms with Crippen LogP contribution in [-0.2, 0) is 0 Å². The van der Waals surface area contributed by atoms with Gasteiger partial charge in [0.1, 0.15) is 0 Å². The van der Waals surface area contributed by atoms with E-state index >= 15 is 0 Å². The predicted molar refractivity (Wildman–Crippen MR) is 22.1 cm³/mol. The topological polar surface area (TPSA) is 0 Å². The molecule has 0 heterocycles. The molecule has 0 atom stereocenters. The summed E-state index contributed by atoms with van der Waals surface area (Å²) >= 11 is 2.00. The maximum absolute atomic E-state index is 2.13. The van der Waals surface area contributed by atoms with E-state index < -0.39 is 0 Å². The third-order valence-electron chi connectivity index (χ3n) is 0.167. The fourth-order valence-electron chi connectivity index (χ4n) is 0. The van der Waals surface area contributed by atoms with Gasteiger partial charge in [-0.05, 0) is 0 Å². The first-order chi connectivity index (χ1) is 1.91. The molecule has 0 saturated carbocycles. The van der Waals surface area contributed by atoms with Gasteiger partial charge < -0.3 is 0 Å². The first-order valence-corrected chi connectivity index (χ1v) is 2.70. The maximum atomic E-state index is 2.13. The molecular formula is C3H6Te. The Labute approximate surface area is 39.6 Å². The van der Waals surface area contributed by atoms with E-state index in [4.69, 9.17) is 0 Å². The van der Waals surface area contributed by atoms with Gasteiger partial charge in [0, 0.05) is 0 Å². The first kappa shape index (κ1) is 4.66. The first-order valence-electron chi connectivity index (χ1n) is 1.35. The molecular weight excluding hydrogens is 164 g/mol. The summed E-state index contributed by atoms with van der Waals surface area (Å²) in [7, 11) is 0. The Morgan fingerprint density at radius 1 is 2.00 bits per heavy atom. The Kier molecular flexibility index (Phi) is 4.26. The van der Waals surface area contributed by atoms with Crippen LogP contribution in [-0.4, -0.2) is 25.9 Å². The van der Waals surface area contributed by atoms with Crippen LogP contribution in [0.3, 0.4) is 0 Å². The molecule has 0 unspecified atom stereocenters. The third-order valence-corrected chi connectivity index (χ3v) is 1.12. The summed E-state index contributed by atoms with van der Waals surface area (Å²) in [5.41, 5.74) is 0. The summed E-state index contributed by atoms with van der Waals surface area (Å²) in [5, 5.41) is 0. The summed E-state index contributed by atoms with van der Waals surface area (Å²) < 4.78 is 2.13. The van der Waals surface area contributed by atoms with Crippen molar-refractivity contribution < 1.29 is 0 Å². The van der Waals surface area contributed by atoms with E-state index in [9.17, 15) is 0 Å². The van der Waals surface area contributed by atoms with Crippen molar-refractivity contribution in [3.63, 3.8) is 0 Å². The van der Waals surface area contributed by atoms with Gasteiger partial charge in [0.25, 0.3) is 0 Å². The minimum absolute atomic E-state index is 1.20. The van der Waals surface area contributed by atoms with E-state index in [0.717, 1.165) is 0 Å². The molecule has 0 fully saturated rings. The molecule has 0 amide bonds. The van der Waals surface area contributed by atoms with Crippen molar-refractivity contribution in [3.05, 3.63) is 0 Å². The van der Waals surface area contributed by atoms with E-state index in [1.807, 2.05) is 21.8 Å². The molecule has 1 heteroatoms. The van der Waals surface area contributed by atoms with Gasteiger partial charge in [-0.3, -0.25) is 0 Å². The Hall–Kier alpha value is 0.660. The van der Waals surface area contributed by atoms with Crippen molar-refractivity contribution in [1.29, 1.82) is 0 Å². The van der Waals surface area contributed by atoms with Gasteiger partial charge >= 0.3 is 39.2 Å². The second kappa shape index (κ2) is 3.66. The molecule has 24 valence electrons. The summed E-state index contributed by atoms with van der Waals surface area (Å²) in [4.78, 5) is 0. The van der Waals surface area contributed by atoms with Crippen LogP contribution in [0.25, 0.3) is 0 Å². The molecule has 0 rings (SSSR count). The second-order valence-corrected chi connectivity index (χ2v) is 1.53. The number of rotatable bonds is 1. The zero-order chi connectivity index (χ0) is 3.41. The standard InChI is InChI=1S/C3H6Te/c1-2-3-4/h3H,2H2,1H3. The molecule has 0 bridgehead atoms. The van der Waals surface area contributed by atoms with Crippen LogP contribution in [0.1, 0.15) is 13.3 Å². The SMILES string of the molecule is CCC=[Te]. The molecule has 0 aromatic heterocycles. The molecule has 0 N–H and O–H groups in total. The fraction of sp³-hybridized carbons (Fsp3) is 0.667. The normalized spacial score (nSPS) is 6.25. The summed E-state index contributed by atoms with van der Waals surface area (Å²) in [6.07, 6.45) is 1.20. The van der Waals surface area contributed by atoms with Crippen molar-refractivity contribution in [1.82, 2.24) is 0 Å². The van der Waals surface area contributed by atoms with Crippen LogP contribution in [0.4, 0.5) is 0 Å². The van der Waals surface area contributed by atoms with Gasteiger partial charge in [0.15, 0.2) is 0 Å². The van der Waals surface area contributed by atoms with Crippen LogP contribution in [0.15, 0.2) is 0 Å². The van der Waals surface area contributed by atoms with Gasteiger partial charge in [-0.25, -0.2) is 0 Å². The van der Waals surface area contributed by atoms with E-state index in [0.29, 0.717) is 0 Å². The van der Waals surface area contributed by atoms with Gasteiger partial charge in [-0.1, -0.05) is 0 Å². The van der Waals surface area contributed by atoms with Gasteiger partial charge in [0.05, 0.1) is 0 Å². The van der Waals surface area contributed by atoms with Crippen molar-refractivity contribution in [3.8, 4) is 0 Å². The van der Waals surface area contributed by atoms with Gasteiger partial charge in [0.2, 0.25) is 0 Å². The molecule has 0 radical (unpaired) electrons. The molecule has 0 spiro atoms. The monoisotopic (exact) mass is 172 g/mol. The molecule has 0 saturated heterocycles. The number of hydrogen-bond acceptors (Lipinski definition) is 0. The Bertz CT molecular complexity index is 17.2. The van der Waals surface area contributed by atoms with Crippen LogP contribution in [0.2, 0.25) is 0 Å². The number of hydrogen-bond donors (Lipinski definition) is 0. The fourth-order valence-corrected chi connectivity index (χ4v) is 0. The third kappa shape index (κ3) is 2.66. The zero-order valence-electron chi connectivity index (χ0n) is 2.69. The average Bonchev–Trinajstić information content (AvgIpc) is 1.37. The van der Waals surface area contributed by atoms with Crippen LogP contribution < -0.4 is 0 Å². The van der Waals surface area contributed by atoms with Crippen molar-refractivity contribution >= 4 is 25.9 Å². The Balaban J connectivity index is 2.30. The minimum atomic E-state index is 1.20. The summed E-state index contributed by atoms with van der Waals surface area (Å²) in [6.45, 7) is 2.13. The second-order valence-electron chi connectivity index (χ2n) is 0.575. The van der Waals surface area contributed by atoms with Gasteiger partial charge in [-0.2, -0.15) is 0 Å². The molecule has 0 aliphatic heterocycles. The van der Waals surface area contributed by atoms with E-state index in [1.54, 1.807) is 0 Å². The van der Waals surface area contributed by atoms with E-state index in [2.05, 4.69) is 11.0 Å². The summed E-state index contributed by atoms with van der Waals surface area (Å²) in [6, 6.07) is 0. The Morgan fingerprint density at radius 2 is 2.25 bits per heavy atom. The van der Waals surface area contributed by atoms with Crippen molar-refractivity contribution in [2.75, 3.05) is 0 Å². The van der Waals surface area contributed by atoms with E-state index in [1.165, 1.54) is 6.42 Å². The van der Waals surface area contributed by atoms with Crippen molar-refractivity contribution in [2.24, 2.45) is 0 Å². The van der Waals surface area contributed by atoms with Gasteiger partial charge in [-0.15, -0.1) is 0 Å². The van der Waals surface area contributed by atoms with Crippen LogP contribution in [0.5, 0.6) is 0 Å². The molecule has 4 heavy (non-hydrogen) atoms. The summed E-state index contributed by atoms with van der Waals surface area (Å²) in [5.74, 6) is 0. The predicted octanol–water partition coefficient (Wildman–Crippen LogP) is 0.367. The molecule has 0 nitrogen and oxygen atoms in total. The average molecular weight is 170 g/mol. The molecule has 0 aromatic rings. The van der Waals surface area contributed by atoms with Crippen molar-refractivity contribution in [2.45, 2.75) is 13.3 Å². The molecule has 0 aromatic carbocycles. The quantitative estimate of drug-likeness (QED) is 0.498. The van der Waals surface area contributed by atoms with Crippen LogP contribution >= 0.6 is 0 Å².